The van der Waals surface area contributed by atoms with Gasteiger partial charge in [-0.3, -0.25) is 0 Å². The Labute approximate surface area is 110 Å². The monoisotopic (exact) mass is 256 g/mol. The Bertz CT molecular complexity index is 520. The standard InChI is InChI=1S/C16H20OSi/c1-13-9-7-8-12-15(13)16(17)18(2,3)14-10-5-4-6-11-14/h4-12,16-17H,1-3H3/t16-/m1/s1. The van der Waals surface area contributed by atoms with Gasteiger partial charge in [0.05, 0.1) is 5.73 Å². The van der Waals surface area contributed by atoms with Gasteiger partial charge in [0.2, 0.25) is 0 Å². The van der Waals surface area contributed by atoms with Crippen LogP contribution in [0.25, 0.3) is 0 Å². The first-order chi connectivity index (χ1) is 8.53. The fraction of sp³-hybridized carbons (Fsp3) is 0.250. The lowest BCUT2D eigenvalue weighted by molar-refractivity contribution is 0.250. The highest BCUT2D eigenvalue weighted by atomic mass is 28.3. The van der Waals surface area contributed by atoms with Crippen molar-refractivity contribution in [3.05, 3.63) is 65.7 Å². The SMILES string of the molecule is Cc1ccccc1[C@H](O)[Si](C)(C)c1ccccc1. The average Bonchev–Trinajstić information content (AvgIpc) is 2.39. The molecular weight excluding hydrogens is 236 g/mol. The van der Waals surface area contributed by atoms with E-state index in [2.05, 4.69) is 50.3 Å². The normalized spacial score (nSPS) is 13.3. The van der Waals surface area contributed by atoms with E-state index in [-0.39, 0.29) is 5.73 Å². The summed E-state index contributed by atoms with van der Waals surface area (Å²) in [5, 5.41) is 12.0. The maximum absolute atomic E-state index is 10.7. The van der Waals surface area contributed by atoms with Crippen molar-refractivity contribution in [1.82, 2.24) is 0 Å². The molecule has 0 saturated heterocycles. The summed E-state index contributed by atoms with van der Waals surface area (Å²) in [5.74, 6) is 0. The second-order valence-corrected chi connectivity index (χ2v) is 9.91. The average molecular weight is 256 g/mol. The minimum absolute atomic E-state index is 0.360. The number of aliphatic hydroxyl groups is 1. The van der Waals surface area contributed by atoms with Gasteiger partial charge in [0.25, 0.3) is 0 Å². The summed E-state index contributed by atoms with van der Waals surface area (Å²) < 4.78 is 0. The number of aliphatic hydroxyl groups excluding tert-OH is 1. The highest BCUT2D eigenvalue weighted by molar-refractivity contribution is 6.90. The number of hydrogen-bond acceptors (Lipinski definition) is 1. The largest absolute Gasteiger partial charge is 0.392 e. The van der Waals surface area contributed by atoms with E-state index in [4.69, 9.17) is 0 Å². The number of hydrogen-bond donors (Lipinski definition) is 1. The Kier molecular flexibility index (Phi) is 3.69. The van der Waals surface area contributed by atoms with Crippen molar-refractivity contribution in [1.29, 1.82) is 0 Å². The molecule has 0 aliphatic rings. The molecule has 1 N–H and O–H groups in total. The van der Waals surface area contributed by atoms with Crippen molar-refractivity contribution in [2.75, 3.05) is 0 Å². The van der Waals surface area contributed by atoms with Gasteiger partial charge in [0.1, 0.15) is 8.07 Å². The second-order valence-electron chi connectivity index (χ2n) is 5.35. The van der Waals surface area contributed by atoms with Crippen LogP contribution in [0.4, 0.5) is 0 Å². The molecule has 1 nitrogen and oxygen atoms in total. The van der Waals surface area contributed by atoms with E-state index < -0.39 is 8.07 Å². The van der Waals surface area contributed by atoms with E-state index in [0.717, 1.165) is 5.56 Å². The molecule has 0 unspecified atom stereocenters. The first kappa shape index (κ1) is 13.1. The van der Waals surface area contributed by atoms with Gasteiger partial charge in [-0.1, -0.05) is 72.9 Å². The predicted molar refractivity (Wildman–Crippen MR) is 79.7 cm³/mol. The van der Waals surface area contributed by atoms with Crippen molar-refractivity contribution in [2.24, 2.45) is 0 Å². The maximum Gasteiger partial charge on any atom is 0.118 e. The Balaban J connectivity index is 2.39. The van der Waals surface area contributed by atoms with Gasteiger partial charge in [-0.25, -0.2) is 0 Å². The van der Waals surface area contributed by atoms with Crippen LogP contribution in [0.2, 0.25) is 13.1 Å². The van der Waals surface area contributed by atoms with Crippen molar-refractivity contribution in [3.8, 4) is 0 Å². The van der Waals surface area contributed by atoms with E-state index in [1.807, 2.05) is 24.3 Å². The van der Waals surface area contributed by atoms with Crippen molar-refractivity contribution < 1.29 is 5.11 Å². The molecule has 0 spiro atoms. The summed E-state index contributed by atoms with van der Waals surface area (Å²) in [4.78, 5) is 0. The Hall–Kier alpha value is -1.38. The predicted octanol–water partition coefficient (Wildman–Crippen LogP) is 3.18. The Morgan fingerprint density at radius 2 is 1.44 bits per heavy atom. The first-order valence-electron chi connectivity index (χ1n) is 6.32. The van der Waals surface area contributed by atoms with E-state index in [0.29, 0.717) is 0 Å². The summed E-state index contributed by atoms with van der Waals surface area (Å²) in [6.45, 7) is 6.51. The fourth-order valence-corrected chi connectivity index (χ4v) is 4.78. The van der Waals surface area contributed by atoms with Gasteiger partial charge in [0, 0.05) is 0 Å². The zero-order chi connectivity index (χ0) is 13.2. The van der Waals surface area contributed by atoms with E-state index in [9.17, 15) is 5.11 Å². The molecule has 2 rings (SSSR count). The highest BCUT2D eigenvalue weighted by Gasteiger charge is 2.34. The van der Waals surface area contributed by atoms with Crippen LogP contribution >= 0.6 is 0 Å². The summed E-state index contributed by atoms with van der Waals surface area (Å²) in [6, 6.07) is 18.5. The highest BCUT2D eigenvalue weighted by Crippen LogP contribution is 2.26. The van der Waals surface area contributed by atoms with Crippen molar-refractivity contribution in [2.45, 2.75) is 25.7 Å². The molecular formula is C16H20OSi. The third kappa shape index (κ3) is 2.40. The van der Waals surface area contributed by atoms with Crippen molar-refractivity contribution >= 4 is 13.3 Å². The molecule has 0 aromatic heterocycles. The number of rotatable bonds is 3. The van der Waals surface area contributed by atoms with Crippen LogP contribution in [0.15, 0.2) is 54.6 Å². The van der Waals surface area contributed by atoms with Crippen LogP contribution in [-0.2, 0) is 0 Å². The van der Waals surface area contributed by atoms with Crippen LogP contribution in [0, 0.1) is 6.92 Å². The minimum Gasteiger partial charge on any atom is -0.392 e. The molecule has 0 heterocycles. The quantitative estimate of drug-likeness (QED) is 0.836. The number of aryl methyl sites for hydroxylation is 1. The van der Waals surface area contributed by atoms with Gasteiger partial charge in [-0.2, -0.15) is 0 Å². The van der Waals surface area contributed by atoms with E-state index >= 15 is 0 Å². The lowest BCUT2D eigenvalue weighted by Crippen LogP contribution is -2.47. The first-order valence-corrected chi connectivity index (χ1v) is 9.40. The van der Waals surface area contributed by atoms with Crippen molar-refractivity contribution in [3.63, 3.8) is 0 Å². The van der Waals surface area contributed by atoms with Gasteiger partial charge in [0.15, 0.2) is 0 Å². The molecule has 0 radical (unpaired) electrons. The molecule has 0 saturated carbocycles. The lowest BCUT2D eigenvalue weighted by Gasteiger charge is -2.30. The van der Waals surface area contributed by atoms with E-state index in [1.165, 1.54) is 10.8 Å². The fourth-order valence-electron chi connectivity index (χ4n) is 2.31. The molecule has 2 aromatic rings. The molecule has 2 aromatic carbocycles. The third-order valence-electron chi connectivity index (χ3n) is 3.68. The van der Waals surface area contributed by atoms with Crippen LogP contribution < -0.4 is 5.19 Å². The van der Waals surface area contributed by atoms with Gasteiger partial charge >= 0.3 is 0 Å². The topological polar surface area (TPSA) is 20.2 Å². The van der Waals surface area contributed by atoms with Crippen LogP contribution in [0.5, 0.6) is 0 Å². The van der Waals surface area contributed by atoms with E-state index in [1.54, 1.807) is 0 Å². The third-order valence-corrected chi connectivity index (χ3v) is 7.18. The molecule has 0 bridgehead atoms. The molecule has 0 fully saturated rings. The van der Waals surface area contributed by atoms with Crippen LogP contribution in [0.1, 0.15) is 16.9 Å². The molecule has 1 atom stereocenters. The van der Waals surface area contributed by atoms with Crippen LogP contribution in [-0.4, -0.2) is 13.2 Å². The Morgan fingerprint density at radius 1 is 0.889 bits per heavy atom. The summed E-state index contributed by atoms with van der Waals surface area (Å²) in [6.07, 6.45) is 0. The summed E-state index contributed by atoms with van der Waals surface area (Å²) >= 11 is 0. The summed E-state index contributed by atoms with van der Waals surface area (Å²) in [5.41, 5.74) is 1.88. The smallest absolute Gasteiger partial charge is 0.118 e. The zero-order valence-electron chi connectivity index (χ0n) is 11.2. The molecule has 0 aliphatic carbocycles. The second kappa shape index (κ2) is 5.08. The lowest BCUT2D eigenvalue weighted by atomic mass is 10.1. The van der Waals surface area contributed by atoms with Gasteiger partial charge in [-0.15, -0.1) is 0 Å². The number of benzene rings is 2. The summed E-state index contributed by atoms with van der Waals surface area (Å²) in [7, 11) is -1.90. The maximum atomic E-state index is 10.7. The molecule has 0 amide bonds. The minimum atomic E-state index is -1.90. The molecule has 0 aliphatic heterocycles. The molecule has 94 valence electrons. The van der Waals surface area contributed by atoms with Gasteiger partial charge in [-0.05, 0) is 18.1 Å². The molecule has 2 heteroatoms. The zero-order valence-corrected chi connectivity index (χ0v) is 12.2. The Morgan fingerprint density at radius 3 is 2.06 bits per heavy atom. The molecule has 18 heavy (non-hydrogen) atoms. The van der Waals surface area contributed by atoms with Crippen LogP contribution in [0.3, 0.4) is 0 Å². The van der Waals surface area contributed by atoms with Gasteiger partial charge < -0.3 is 5.11 Å².